The molecule has 0 radical (unpaired) electrons. The summed E-state index contributed by atoms with van der Waals surface area (Å²) in [6, 6.07) is 0. The first kappa shape index (κ1) is 15.4. The highest BCUT2D eigenvalue weighted by Gasteiger charge is 2.21. The summed E-state index contributed by atoms with van der Waals surface area (Å²) >= 11 is 0. The van der Waals surface area contributed by atoms with Gasteiger partial charge in [0.05, 0.1) is 0 Å². The lowest BCUT2D eigenvalue weighted by Crippen LogP contribution is -2.44. The second-order valence-electron chi connectivity index (χ2n) is 4.23. The van der Waals surface area contributed by atoms with E-state index in [4.69, 9.17) is 0 Å². The Morgan fingerprint density at radius 1 is 1.06 bits per heavy atom. The van der Waals surface area contributed by atoms with Crippen molar-refractivity contribution in [1.82, 2.24) is 4.90 Å². The highest BCUT2D eigenvalue weighted by Crippen LogP contribution is 2.10. The normalized spacial score (nSPS) is 14.6. The molecular formula is C12H25NO3. The summed E-state index contributed by atoms with van der Waals surface area (Å²) in [5.74, 6) is -0.179. The molecule has 0 heterocycles. The van der Waals surface area contributed by atoms with Crippen molar-refractivity contribution >= 4 is 5.91 Å². The van der Waals surface area contributed by atoms with Crippen molar-refractivity contribution in [2.24, 2.45) is 0 Å². The average molecular weight is 231 g/mol. The number of amides is 1. The van der Waals surface area contributed by atoms with Gasteiger partial charge in [0.1, 0.15) is 12.5 Å². The van der Waals surface area contributed by atoms with Crippen LogP contribution in [0.15, 0.2) is 0 Å². The van der Waals surface area contributed by atoms with Gasteiger partial charge in [0, 0.05) is 6.42 Å². The third kappa shape index (κ3) is 6.08. The number of carbonyl (C=O) groups is 1. The first-order chi connectivity index (χ1) is 7.50. The van der Waals surface area contributed by atoms with Gasteiger partial charge in [-0.05, 0) is 20.3 Å². The molecule has 2 unspecified atom stereocenters. The van der Waals surface area contributed by atoms with Crippen molar-refractivity contribution in [1.29, 1.82) is 0 Å². The topological polar surface area (TPSA) is 60.8 Å². The van der Waals surface area contributed by atoms with Crippen LogP contribution in [0.1, 0.15) is 59.3 Å². The monoisotopic (exact) mass is 231 g/mol. The summed E-state index contributed by atoms with van der Waals surface area (Å²) in [6.45, 7) is 5.12. The van der Waals surface area contributed by atoms with E-state index in [1.54, 1.807) is 0 Å². The van der Waals surface area contributed by atoms with Crippen LogP contribution in [0.25, 0.3) is 0 Å². The maximum atomic E-state index is 11.7. The molecular weight excluding hydrogens is 206 g/mol. The molecule has 1 amide bonds. The van der Waals surface area contributed by atoms with E-state index in [9.17, 15) is 15.0 Å². The molecule has 4 heteroatoms. The fourth-order valence-electron chi connectivity index (χ4n) is 1.74. The van der Waals surface area contributed by atoms with Gasteiger partial charge in [-0.2, -0.15) is 0 Å². The zero-order valence-electron chi connectivity index (χ0n) is 10.6. The standard InChI is InChI=1S/C12H25NO3/c1-4-5-6-7-8-9-12(16)13(10(2)14)11(3)15/h10-11,14-15H,4-9H2,1-3H3. The van der Waals surface area contributed by atoms with Crippen molar-refractivity contribution in [2.45, 2.75) is 71.8 Å². The highest BCUT2D eigenvalue weighted by molar-refractivity contribution is 5.76. The minimum Gasteiger partial charge on any atom is -0.374 e. The van der Waals surface area contributed by atoms with Crippen molar-refractivity contribution < 1.29 is 15.0 Å². The maximum absolute atomic E-state index is 11.7. The van der Waals surface area contributed by atoms with E-state index < -0.39 is 12.5 Å². The number of aliphatic hydroxyl groups is 2. The van der Waals surface area contributed by atoms with Crippen molar-refractivity contribution in [2.75, 3.05) is 0 Å². The zero-order chi connectivity index (χ0) is 12.6. The molecule has 0 aliphatic heterocycles. The van der Waals surface area contributed by atoms with Crippen LogP contribution in [0.3, 0.4) is 0 Å². The molecule has 96 valence electrons. The van der Waals surface area contributed by atoms with Crippen LogP contribution < -0.4 is 0 Å². The average Bonchev–Trinajstić information content (AvgIpc) is 2.16. The number of carbonyl (C=O) groups excluding carboxylic acids is 1. The first-order valence-electron chi connectivity index (χ1n) is 6.18. The Balaban J connectivity index is 3.84. The molecule has 2 N–H and O–H groups in total. The minimum absolute atomic E-state index is 0.179. The Hall–Kier alpha value is -0.610. The fraction of sp³-hybridized carbons (Fsp3) is 0.917. The predicted molar refractivity (Wildman–Crippen MR) is 63.6 cm³/mol. The summed E-state index contributed by atoms with van der Waals surface area (Å²) in [7, 11) is 0. The Kier molecular flexibility index (Phi) is 8.21. The molecule has 0 aliphatic rings. The molecule has 0 saturated carbocycles. The van der Waals surface area contributed by atoms with Crippen LogP contribution in [-0.2, 0) is 4.79 Å². The van der Waals surface area contributed by atoms with E-state index in [1.165, 1.54) is 26.7 Å². The van der Waals surface area contributed by atoms with Gasteiger partial charge in [-0.15, -0.1) is 0 Å². The van der Waals surface area contributed by atoms with Crippen molar-refractivity contribution in [3.8, 4) is 0 Å². The Morgan fingerprint density at radius 3 is 2.00 bits per heavy atom. The summed E-state index contributed by atoms with van der Waals surface area (Å²) in [5, 5.41) is 18.7. The van der Waals surface area contributed by atoms with Crippen LogP contribution >= 0.6 is 0 Å². The second kappa shape index (κ2) is 8.53. The smallest absolute Gasteiger partial charge is 0.226 e. The Morgan fingerprint density at radius 2 is 1.56 bits per heavy atom. The Bertz CT molecular complexity index is 185. The molecule has 0 aliphatic carbocycles. The molecule has 2 atom stereocenters. The summed E-state index contributed by atoms with van der Waals surface area (Å²) < 4.78 is 0. The highest BCUT2D eigenvalue weighted by atomic mass is 16.3. The maximum Gasteiger partial charge on any atom is 0.226 e. The lowest BCUT2D eigenvalue weighted by atomic mass is 10.1. The van der Waals surface area contributed by atoms with Crippen LogP contribution in [0, 0.1) is 0 Å². The SMILES string of the molecule is CCCCCCCC(=O)N(C(C)O)C(C)O. The van der Waals surface area contributed by atoms with Gasteiger partial charge >= 0.3 is 0 Å². The fourth-order valence-corrected chi connectivity index (χ4v) is 1.74. The lowest BCUT2D eigenvalue weighted by molar-refractivity contribution is -0.156. The number of unbranched alkanes of at least 4 members (excludes halogenated alkanes) is 4. The molecule has 0 aromatic carbocycles. The summed E-state index contributed by atoms with van der Waals surface area (Å²) in [5.41, 5.74) is 0. The molecule has 16 heavy (non-hydrogen) atoms. The molecule has 4 nitrogen and oxygen atoms in total. The van der Waals surface area contributed by atoms with E-state index in [0.29, 0.717) is 6.42 Å². The van der Waals surface area contributed by atoms with Gasteiger partial charge in [0.15, 0.2) is 0 Å². The molecule has 0 fully saturated rings. The molecule has 0 aromatic rings. The van der Waals surface area contributed by atoms with E-state index in [-0.39, 0.29) is 5.91 Å². The lowest BCUT2D eigenvalue weighted by Gasteiger charge is -2.28. The van der Waals surface area contributed by atoms with Crippen LogP contribution in [0.2, 0.25) is 0 Å². The number of aliphatic hydroxyl groups excluding tert-OH is 2. The number of hydrogen-bond acceptors (Lipinski definition) is 3. The summed E-state index contributed by atoms with van der Waals surface area (Å²) in [4.78, 5) is 12.8. The van der Waals surface area contributed by atoms with Crippen LogP contribution in [-0.4, -0.2) is 33.5 Å². The van der Waals surface area contributed by atoms with Crippen molar-refractivity contribution in [3.63, 3.8) is 0 Å². The van der Waals surface area contributed by atoms with Gasteiger partial charge in [0.25, 0.3) is 0 Å². The largest absolute Gasteiger partial charge is 0.374 e. The van der Waals surface area contributed by atoms with E-state index in [2.05, 4.69) is 6.92 Å². The predicted octanol–water partition coefficient (Wildman–Crippen LogP) is 1.85. The zero-order valence-corrected chi connectivity index (χ0v) is 10.6. The number of nitrogens with zero attached hydrogens (tertiary/aromatic N) is 1. The summed E-state index contributed by atoms with van der Waals surface area (Å²) in [6.07, 6.45) is 3.94. The number of hydrogen-bond donors (Lipinski definition) is 2. The van der Waals surface area contributed by atoms with Crippen molar-refractivity contribution in [3.05, 3.63) is 0 Å². The molecule has 0 aromatic heterocycles. The minimum atomic E-state index is -0.928. The first-order valence-corrected chi connectivity index (χ1v) is 6.18. The van der Waals surface area contributed by atoms with Gasteiger partial charge < -0.3 is 10.2 Å². The van der Waals surface area contributed by atoms with Gasteiger partial charge in [-0.25, -0.2) is 0 Å². The van der Waals surface area contributed by atoms with Crippen LogP contribution in [0.5, 0.6) is 0 Å². The van der Waals surface area contributed by atoms with E-state index in [0.717, 1.165) is 24.2 Å². The Labute approximate surface area is 98.3 Å². The van der Waals surface area contributed by atoms with E-state index >= 15 is 0 Å². The second-order valence-corrected chi connectivity index (χ2v) is 4.23. The third-order valence-corrected chi connectivity index (χ3v) is 2.59. The van der Waals surface area contributed by atoms with Crippen LogP contribution in [0.4, 0.5) is 0 Å². The number of rotatable bonds is 8. The quantitative estimate of drug-likeness (QED) is 0.495. The molecule has 0 rings (SSSR count). The molecule has 0 saturated heterocycles. The third-order valence-electron chi connectivity index (χ3n) is 2.59. The molecule has 0 bridgehead atoms. The van der Waals surface area contributed by atoms with Gasteiger partial charge in [0.2, 0.25) is 5.91 Å². The van der Waals surface area contributed by atoms with Gasteiger partial charge in [-0.1, -0.05) is 32.6 Å². The molecule has 0 spiro atoms. The van der Waals surface area contributed by atoms with Gasteiger partial charge in [-0.3, -0.25) is 9.69 Å². The van der Waals surface area contributed by atoms with E-state index in [1.807, 2.05) is 0 Å².